The second-order valence-electron chi connectivity index (χ2n) is 4.38. The van der Waals surface area contributed by atoms with Crippen molar-refractivity contribution in [2.24, 2.45) is 5.14 Å². The van der Waals surface area contributed by atoms with Crippen molar-refractivity contribution in [1.29, 1.82) is 0 Å². The number of nitrogens with zero attached hydrogens (tertiary/aromatic N) is 2. The van der Waals surface area contributed by atoms with Gasteiger partial charge >= 0.3 is 6.18 Å². The maximum atomic E-state index is 12.4. The van der Waals surface area contributed by atoms with Gasteiger partial charge in [0.1, 0.15) is 16.5 Å². The maximum Gasteiger partial charge on any atom is 0.417 e. The second-order valence-corrected chi connectivity index (χ2v) is 5.91. The predicted octanol–water partition coefficient (Wildman–Crippen LogP) is 2.19. The predicted molar refractivity (Wildman–Crippen MR) is 72.9 cm³/mol. The molecular weight excluding hydrogens is 321 g/mol. The third-order valence-electron chi connectivity index (χ3n) is 2.69. The van der Waals surface area contributed by atoms with E-state index in [-0.39, 0.29) is 22.2 Å². The van der Waals surface area contributed by atoms with E-state index >= 15 is 0 Å². The van der Waals surface area contributed by atoms with Gasteiger partial charge in [0.15, 0.2) is 0 Å². The van der Waals surface area contributed by atoms with Crippen molar-refractivity contribution in [3.63, 3.8) is 0 Å². The molecule has 0 saturated heterocycles. The van der Waals surface area contributed by atoms with E-state index in [0.717, 1.165) is 12.1 Å². The number of nitrogens with two attached hydrogens (primary N) is 1. The number of hydrogen-bond acceptors (Lipinski definition) is 5. The molecule has 118 valence electrons. The topological polar surface area (TPSA) is 98.0 Å². The number of nitrogens with one attached hydrogen (secondary N) is 1. The minimum Gasteiger partial charge on any atom is -0.325 e. The zero-order chi connectivity index (χ0) is 16.5. The number of anilines is 2. The van der Waals surface area contributed by atoms with E-state index in [0.29, 0.717) is 6.20 Å². The smallest absolute Gasteiger partial charge is 0.325 e. The summed E-state index contributed by atoms with van der Waals surface area (Å²) in [7, 11) is -3.88. The molecular formula is C12H11F3N4O2S. The standard InChI is InChI=1S/C12H11F3N4O2S/c1-7-9(22(16,20)21)3-5-11(18-7)19-10-4-2-8(6-17-10)12(13,14)15/h2-6H,1H3,(H2,16,20,21)(H,17,18,19). The van der Waals surface area contributed by atoms with E-state index in [1.807, 2.05) is 0 Å². The zero-order valence-corrected chi connectivity index (χ0v) is 12.0. The molecule has 3 N–H and O–H groups in total. The van der Waals surface area contributed by atoms with Crippen molar-refractivity contribution in [1.82, 2.24) is 9.97 Å². The average Bonchev–Trinajstić information content (AvgIpc) is 2.36. The van der Waals surface area contributed by atoms with Crippen molar-refractivity contribution in [3.05, 3.63) is 41.7 Å². The lowest BCUT2D eigenvalue weighted by molar-refractivity contribution is -0.137. The van der Waals surface area contributed by atoms with Crippen LogP contribution in [0.3, 0.4) is 0 Å². The van der Waals surface area contributed by atoms with Gasteiger partial charge in [-0.15, -0.1) is 0 Å². The van der Waals surface area contributed by atoms with Crippen LogP contribution in [-0.4, -0.2) is 18.4 Å². The number of rotatable bonds is 3. The largest absolute Gasteiger partial charge is 0.417 e. The highest BCUT2D eigenvalue weighted by atomic mass is 32.2. The number of primary sulfonamides is 1. The molecule has 0 bridgehead atoms. The molecule has 0 fully saturated rings. The van der Waals surface area contributed by atoms with Crippen LogP contribution in [0.4, 0.5) is 24.8 Å². The van der Waals surface area contributed by atoms with Crippen LogP contribution >= 0.6 is 0 Å². The molecule has 0 amide bonds. The summed E-state index contributed by atoms with van der Waals surface area (Å²) in [4.78, 5) is 7.47. The molecule has 2 rings (SSSR count). The molecule has 0 aliphatic rings. The first-order chi connectivity index (χ1) is 10.1. The monoisotopic (exact) mass is 332 g/mol. The van der Waals surface area contributed by atoms with Crippen LogP contribution in [0.5, 0.6) is 0 Å². The van der Waals surface area contributed by atoms with Crippen LogP contribution in [0, 0.1) is 6.92 Å². The van der Waals surface area contributed by atoms with Crippen LogP contribution in [0.15, 0.2) is 35.4 Å². The lowest BCUT2D eigenvalue weighted by Gasteiger charge is -2.09. The normalized spacial score (nSPS) is 12.2. The fraction of sp³-hybridized carbons (Fsp3) is 0.167. The van der Waals surface area contributed by atoms with Crippen LogP contribution < -0.4 is 10.5 Å². The first kappa shape index (κ1) is 16.2. The number of halogens is 3. The molecule has 0 unspecified atom stereocenters. The van der Waals surface area contributed by atoms with E-state index in [2.05, 4.69) is 15.3 Å². The Morgan fingerprint density at radius 1 is 1.14 bits per heavy atom. The van der Waals surface area contributed by atoms with Crippen molar-refractivity contribution >= 4 is 21.7 Å². The van der Waals surface area contributed by atoms with E-state index in [1.165, 1.54) is 19.1 Å². The Kier molecular flexibility index (Phi) is 4.07. The van der Waals surface area contributed by atoms with Gasteiger partial charge in [-0.1, -0.05) is 0 Å². The number of aromatic nitrogens is 2. The highest BCUT2D eigenvalue weighted by molar-refractivity contribution is 7.89. The number of alkyl halides is 3. The van der Waals surface area contributed by atoms with Crippen LogP contribution in [0.2, 0.25) is 0 Å². The van der Waals surface area contributed by atoms with Gasteiger partial charge in [0.25, 0.3) is 0 Å². The summed E-state index contributed by atoms with van der Waals surface area (Å²) in [6.07, 6.45) is -3.77. The lowest BCUT2D eigenvalue weighted by atomic mass is 10.3. The summed E-state index contributed by atoms with van der Waals surface area (Å²) < 4.78 is 59.7. The molecule has 22 heavy (non-hydrogen) atoms. The molecule has 0 radical (unpaired) electrons. The number of aryl methyl sites for hydroxylation is 1. The Morgan fingerprint density at radius 3 is 2.23 bits per heavy atom. The molecule has 10 heteroatoms. The maximum absolute atomic E-state index is 12.4. The Labute approximate surface area is 124 Å². The van der Waals surface area contributed by atoms with Gasteiger partial charge in [0.2, 0.25) is 10.0 Å². The molecule has 2 aromatic heterocycles. The summed E-state index contributed by atoms with van der Waals surface area (Å²) in [6.45, 7) is 1.45. The summed E-state index contributed by atoms with van der Waals surface area (Å²) in [5, 5.41) is 7.69. The lowest BCUT2D eigenvalue weighted by Crippen LogP contribution is -2.14. The van der Waals surface area contributed by atoms with Crippen molar-refractivity contribution in [3.8, 4) is 0 Å². The first-order valence-corrected chi connectivity index (χ1v) is 7.43. The Balaban J connectivity index is 2.23. The molecule has 2 aromatic rings. The average molecular weight is 332 g/mol. The van der Waals surface area contributed by atoms with Crippen molar-refractivity contribution in [2.45, 2.75) is 18.0 Å². The Bertz CT molecular complexity index is 789. The van der Waals surface area contributed by atoms with Gasteiger partial charge in [-0.25, -0.2) is 23.5 Å². The summed E-state index contributed by atoms with van der Waals surface area (Å²) >= 11 is 0. The van der Waals surface area contributed by atoms with Crippen LogP contribution in [0.25, 0.3) is 0 Å². The summed E-state index contributed by atoms with van der Waals surface area (Å²) in [5.41, 5.74) is -0.703. The third-order valence-corrected chi connectivity index (χ3v) is 3.74. The van der Waals surface area contributed by atoms with E-state index in [9.17, 15) is 21.6 Å². The molecule has 0 aromatic carbocycles. The van der Waals surface area contributed by atoms with E-state index < -0.39 is 21.8 Å². The number of sulfonamides is 1. The molecule has 0 atom stereocenters. The fourth-order valence-electron chi connectivity index (χ4n) is 1.69. The zero-order valence-electron chi connectivity index (χ0n) is 11.2. The van der Waals surface area contributed by atoms with Gasteiger partial charge in [0, 0.05) is 6.20 Å². The fourth-order valence-corrected chi connectivity index (χ4v) is 2.40. The molecule has 2 heterocycles. The number of pyridine rings is 2. The first-order valence-electron chi connectivity index (χ1n) is 5.88. The van der Waals surface area contributed by atoms with Crippen molar-refractivity contribution in [2.75, 3.05) is 5.32 Å². The van der Waals surface area contributed by atoms with E-state index in [4.69, 9.17) is 5.14 Å². The van der Waals surface area contributed by atoms with Crippen LogP contribution in [-0.2, 0) is 16.2 Å². The van der Waals surface area contributed by atoms with Gasteiger partial charge < -0.3 is 5.32 Å². The van der Waals surface area contributed by atoms with Gasteiger partial charge in [-0.3, -0.25) is 0 Å². The van der Waals surface area contributed by atoms with E-state index in [1.54, 1.807) is 0 Å². The summed E-state index contributed by atoms with van der Waals surface area (Å²) in [6, 6.07) is 4.62. The highest BCUT2D eigenvalue weighted by Gasteiger charge is 2.30. The molecule has 0 aliphatic carbocycles. The molecule has 6 nitrogen and oxygen atoms in total. The second kappa shape index (κ2) is 5.54. The van der Waals surface area contributed by atoms with Gasteiger partial charge in [0.05, 0.1) is 11.3 Å². The quantitative estimate of drug-likeness (QED) is 0.898. The summed E-state index contributed by atoms with van der Waals surface area (Å²) in [5.74, 6) is 0.375. The number of hydrogen-bond donors (Lipinski definition) is 2. The van der Waals surface area contributed by atoms with Gasteiger partial charge in [-0.05, 0) is 31.2 Å². The minimum atomic E-state index is -4.46. The van der Waals surface area contributed by atoms with Crippen LogP contribution in [0.1, 0.15) is 11.3 Å². The highest BCUT2D eigenvalue weighted by Crippen LogP contribution is 2.29. The third kappa shape index (κ3) is 3.71. The Morgan fingerprint density at radius 2 is 1.77 bits per heavy atom. The molecule has 0 aliphatic heterocycles. The molecule has 0 saturated carbocycles. The SMILES string of the molecule is Cc1nc(Nc2ccc(C(F)(F)F)cn2)ccc1S(N)(=O)=O. The molecule has 0 spiro atoms. The minimum absolute atomic E-state index is 0.126. The van der Waals surface area contributed by atoms with Gasteiger partial charge in [-0.2, -0.15) is 13.2 Å². The Hall–Kier alpha value is -2.20. The van der Waals surface area contributed by atoms with Crippen molar-refractivity contribution < 1.29 is 21.6 Å².